The van der Waals surface area contributed by atoms with Gasteiger partial charge in [-0.05, 0) is 42.5 Å². The van der Waals surface area contributed by atoms with Gasteiger partial charge in [-0.25, -0.2) is 23.2 Å². The summed E-state index contributed by atoms with van der Waals surface area (Å²) in [5.41, 5.74) is -0.0778. The van der Waals surface area contributed by atoms with Crippen molar-refractivity contribution < 1.29 is 23.1 Å². The second kappa shape index (κ2) is 9.88. The number of aromatic nitrogens is 2. The minimum atomic E-state index is -3.87. The lowest BCUT2D eigenvalue weighted by molar-refractivity contribution is 0.0698. The number of carbonyl (C=O) groups excluding carboxylic acids is 1. The van der Waals surface area contributed by atoms with E-state index in [1.807, 2.05) is 11.0 Å². The topological polar surface area (TPSA) is 157 Å². The van der Waals surface area contributed by atoms with Crippen molar-refractivity contribution in [1.82, 2.24) is 14.3 Å². The standard InChI is InChI=1S/C23H20N6O5S/c24-15-16-5-6-20(19(13-16)22(31)32)27-21(30)17-3-1-4-18(14-17)35(33,34)29-11-9-28(10-12-29)23-25-7-2-8-26-23/h1-8,13-14H,9-12H2,(H,27,30)(H,31,32). The van der Waals surface area contributed by atoms with Crippen molar-refractivity contribution >= 4 is 33.5 Å². The van der Waals surface area contributed by atoms with Gasteiger partial charge in [-0.3, -0.25) is 4.79 Å². The van der Waals surface area contributed by atoms with E-state index in [9.17, 15) is 23.1 Å². The lowest BCUT2D eigenvalue weighted by atomic mass is 10.1. The monoisotopic (exact) mass is 492 g/mol. The Bertz CT molecular complexity index is 1410. The molecule has 0 spiro atoms. The molecular weight excluding hydrogens is 472 g/mol. The maximum absolute atomic E-state index is 13.2. The number of carboxylic acids is 1. The van der Waals surface area contributed by atoms with Crippen LogP contribution in [0.3, 0.4) is 0 Å². The van der Waals surface area contributed by atoms with Gasteiger partial charge in [-0.15, -0.1) is 0 Å². The summed E-state index contributed by atoms with van der Waals surface area (Å²) < 4.78 is 27.8. The van der Waals surface area contributed by atoms with Crippen LogP contribution in [0, 0.1) is 11.3 Å². The molecule has 0 atom stereocenters. The predicted molar refractivity (Wildman–Crippen MR) is 126 cm³/mol. The molecule has 1 aliphatic heterocycles. The first-order valence-electron chi connectivity index (χ1n) is 10.5. The molecule has 0 bridgehead atoms. The number of carbonyl (C=O) groups is 2. The highest BCUT2D eigenvalue weighted by atomic mass is 32.2. The molecule has 0 aliphatic carbocycles. The average Bonchev–Trinajstić information content (AvgIpc) is 2.89. The summed E-state index contributed by atoms with van der Waals surface area (Å²) in [5, 5.41) is 20.9. The van der Waals surface area contributed by atoms with Crippen LogP contribution < -0.4 is 10.2 Å². The van der Waals surface area contributed by atoms with Crippen LogP contribution in [0.4, 0.5) is 11.6 Å². The third-order valence-electron chi connectivity index (χ3n) is 5.43. The molecule has 0 saturated carbocycles. The molecule has 35 heavy (non-hydrogen) atoms. The number of nitrogens with zero attached hydrogens (tertiary/aromatic N) is 5. The molecule has 1 aromatic heterocycles. The first-order valence-corrected chi connectivity index (χ1v) is 11.9. The van der Waals surface area contributed by atoms with Crippen LogP contribution in [-0.2, 0) is 10.0 Å². The number of anilines is 2. The minimum Gasteiger partial charge on any atom is -0.478 e. The highest BCUT2D eigenvalue weighted by Crippen LogP contribution is 2.22. The van der Waals surface area contributed by atoms with Gasteiger partial charge in [0.1, 0.15) is 0 Å². The molecule has 178 valence electrons. The van der Waals surface area contributed by atoms with Gasteiger partial charge in [0, 0.05) is 44.1 Å². The maximum Gasteiger partial charge on any atom is 0.337 e. The Labute approximate surface area is 201 Å². The summed E-state index contributed by atoms with van der Waals surface area (Å²) in [6, 6.07) is 12.9. The van der Waals surface area contributed by atoms with Crippen molar-refractivity contribution in [3.8, 4) is 6.07 Å². The number of nitriles is 1. The Morgan fingerprint density at radius 3 is 2.37 bits per heavy atom. The van der Waals surface area contributed by atoms with Gasteiger partial charge in [0.15, 0.2) is 0 Å². The second-order valence-corrected chi connectivity index (χ2v) is 9.54. The molecule has 3 aromatic rings. The summed E-state index contributed by atoms with van der Waals surface area (Å²) in [6.07, 6.45) is 3.25. The van der Waals surface area contributed by atoms with Crippen molar-refractivity contribution in [2.45, 2.75) is 4.90 Å². The third kappa shape index (κ3) is 5.11. The van der Waals surface area contributed by atoms with E-state index in [1.54, 1.807) is 18.5 Å². The lowest BCUT2D eigenvalue weighted by Crippen LogP contribution is -2.49. The number of amides is 1. The number of carboxylic acid groups (broad SMARTS) is 1. The molecule has 4 rings (SSSR count). The van der Waals surface area contributed by atoms with E-state index in [4.69, 9.17) is 5.26 Å². The van der Waals surface area contributed by atoms with E-state index < -0.39 is 21.9 Å². The largest absolute Gasteiger partial charge is 0.478 e. The van der Waals surface area contributed by atoms with E-state index in [0.29, 0.717) is 19.0 Å². The number of aromatic carboxylic acids is 1. The fourth-order valence-corrected chi connectivity index (χ4v) is 5.09. The van der Waals surface area contributed by atoms with E-state index in [0.717, 1.165) is 6.07 Å². The van der Waals surface area contributed by atoms with E-state index in [1.165, 1.54) is 40.7 Å². The Balaban J connectivity index is 1.50. The maximum atomic E-state index is 13.2. The quantitative estimate of drug-likeness (QED) is 0.524. The zero-order chi connectivity index (χ0) is 25.0. The summed E-state index contributed by atoms with van der Waals surface area (Å²) >= 11 is 0. The molecule has 1 amide bonds. The summed E-state index contributed by atoms with van der Waals surface area (Å²) in [7, 11) is -3.87. The number of rotatable bonds is 6. The molecule has 2 heterocycles. The molecule has 12 heteroatoms. The van der Waals surface area contributed by atoms with E-state index in [-0.39, 0.29) is 40.4 Å². The molecular formula is C23H20N6O5S. The number of nitrogens with one attached hydrogen (secondary N) is 1. The molecule has 0 radical (unpaired) electrons. The summed E-state index contributed by atoms with van der Waals surface area (Å²) in [5.74, 6) is -1.46. The molecule has 2 N–H and O–H groups in total. The van der Waals surface area contributed by atoms with Crippen molar-refractivity contribution in [1.29, 1.82) is 5.26 Å². The zero-order valence-electron chi connectivity index (χ0n) is 18.3. The fraction of sp³-hybridized carbons (Fsp3) is 0.174. The molecule has 0 unspecified atom stereocenters. The Morgan fingerprint density at radius 2 is 1.71 bits per heavy atom. The summed E-state index contributed by atoms with van der Waals surface area (Å²) in [6.45, 7) is 1.29. The minimum absolute atomic E-state index is 0.00554. The van der Waals surface area contributed by atoms with Crippen molar-refractivity contribution in [3.05, 3.63) is 77.6 Å². The van der Waals surface area contributed by atoms with Gasteiger partial charge >= 0.3 is 5.97 Å². The number of hydrogen-bond donors (Lipinski definition) is 2. The van der Waals surface area contributed by atoms with Crippen molar-refractivity contribution in [2.24, 2.45) is 0 Å². The Kier molecular flexibility index (Phi) is 6.72. The van der Waals surface area contributed by atoms with Gasteiger partial charge in [-0.2, -0.15) is 9.57 Å². The van der Waals surface area contributed by atoms with Crippen LogP contribution in [0.25, 0.3) is 0 Å². The number of piperazine rings is 1. The van der Waals surface area contributed by atoms with Crippen LogP contribution >= 0.6 is 0 Å². The van der Waals surface area contributed by atoms with Crippen LogP contribution in [0.1, 0.15) is 26.3 Å². The van der Waals surface area contributed by atoms with E-state index >= 15 is 0 Å². The van der Waals surface area contributed by atoms with Gasteiger partial charge in [0.25, 0.3) is 5.91 Å². The first kappa shape index (κ1) is 23.8. The number of hydrogen-bond acceptors (Lipinski definition) is 8. The molecule has 11 nitrogen and oxygen atoms in total. The Morgan fingerprint density at radius 1 is 1.00 bits per heavy atom. The normalized spacial score (nSPS) is 14.2. The average molecular weight is 493 g/mol. The molecule has 2 aromatic carbocycles. The smallest absolute Gasteiger partial charge is 0.337 e. The second-order valence-electron chi connectivity index (χ2n) is 7.60. The van der Waals surface area contributed by atoms with Crippen LogP contribution in [0.15, 0.2) is 65.8 Å². The van der Waals surface area contributed by atoms with Crippen LogP contribution in [0.5, 0.6) is 0 Å². The van der Waals surface area contributed by atoms with Crippen LogP contribution in [-0.4, -0.2) is 65.9 Å². The number of sulfonamides is 1. The van der Waals surface area contributed by atoms with Gasteiger partial charge in [0.05, 0.1) is 27.8 Å². The Hall–Kier alpha value is -4.34. The van der Waals surface area contributed by atoms with E-state index in [2.05, 4.69) is 15.3 Å². The van der Waals surface area contributed by atoms with Gasteiger partial charge in [-0.1, -0.05) is 6.07 Å². The van der Waals surface area contributed by atoms with Crippen molar-refractivity contribution in [2.75, 3.05) is 36.4 Å². The van der Waals surface area contributed by atoms with Crippen molar-refractivity contribution in [3.63, 3.8) is 0 Å². The fourth-order valence-electron chi connectivity index (χ4n) is 3.62. The molecule has 1 aliphatic rings. The number of benzene rings is 2. The van der Waals surface area contributed by atoms with Crippen LogP contribution in [0.2, 0.25) is 0 Å². The molecule has 1 saturated heterocycles. The predicted octanol–water partition coefficient (Wildman–Crippen LogP) is 1.81. The summed E-state index contributed by atoms with van der Waals surface area (Å²) in [4.78, 5) is 34.6. The van der Waals surface area contributed by atoms with Gasteiger partial charge < -0.3 is 15.3 Å². The lowest BCUT2D eigenvalue weighted by Gasteiger charge is -2.33. The highest BCUT2D eigenvalue weighted by molar-refractivity contribution is 7.89. The SMILES string of the molecule is N#Cc1ccc(NC(=O)c2cccc(S(=O)(=O)N3CCN(c4ncccn4)CC3)c2)c(C(=O)O)c1. The highest BCUT2D eigenvalue weighted by Gasteiger charge is 2.29. The molecule has 1 fully saturated rings. The third-order valence-corrected chi connectivity index (χ3v) is 7.33. The van der Waals surface area contributed by atoms with Gasteiger partial charge in [0.2, 0.25) is 16.0 Å². The first-order chi connectivity index (χ1) is 16.8. The zero-order valence-corrected chi connectivity index (χ0v) is 19.1.